The van der Waals surface area contributed by atoms with Crippen LogP contribution in [0.2, 0.25) is 0 Å². The van der Waals surface area contributed by atoms with Gasteiger partial charge in [0.05, 0.1) is 17.9 Å². The lowest BCUT2D eigenvalue weighted by atomic mass is 9.95. The van der Waals surface area contributed by atoms with Crippen molar-refractivity contribution in [1.82, 2.24) is 4.98 Å². The minimum absolute atomic E-state index is 0.334. The van der Waals surface area contributed by atoms with Gasteiger partial charge in [-0.1, -0.05) is 12.8 Å². The Morgan fingerprint density at radius 3 is 3.00 bits per heavy atom. The summed E-state index contributed by atoms with van der Waals surface area (Å²) in [7, 11) is 0. The van der Waals surface area contributed by atoms with E-state index in [0.717, 1.165) is 6.42 Å². The Morgan fingerprint density at radius 1 is 1.52 bits per heavy atom. The van der Waals surface area contributed by atoms with E-state index in [4.69, 9.17) is 10.5 Å². The number of carbonyl (C=O) groups excluding carboxylic acids is 1. The third-order valence-electron chi connectivity index (χ3n) is 3.81. The number of nitrogen functional groups attached to an aromatic ring is 1. The van der Waals surface area contributed by atoms with E-state index < -0.39 is 5.97 Å². The Balaban J connectivity index is 2.16. The van der Waals surface area contributed by atoms with Crippen molar-refractivity contribution in [2.45, 2.75) is 43.9 Å². The zero-order chi connectivity index (χ0) is 15.2. The first-order valence-corrected chi connectivity index (χ1v) is 8.67. The molecular formula is C15H23N3O2S. The molecule has 1 saturated carbocycles. The van der Waals surface area contributed by atoms with Crippen molar-refractivity contribution in [1.29, 1.82) is 0 Å². The van der Waals surface area contributed by atoms with Crippen LogP contribution in [0.1, 0.15) is 43.0 Å². The molecule has 0 saturated heterocycles. The first kappa shape index (κ1) is 15.9. The van der Waals surface area contributed by atoms with Gasteiger partial charge >= 0.3 is 5.97 Å². The third kappa shape index (κ3) is 3.81. The van der Waals surface area contributed by atoms with Gasteiger partial charge in [0.1, 0.15) is 5.82 Å². The second-order valence-electron chi connectivity index (χ2n) is 5.15. The van der Waals surface area contributed by atoms with Crippen LogP contribution in [0.3, 0.4) is 0 Å². The molecule has 0 aliphatic heterocycles. The molecular weight excluding hydrogens is 286 g/mol. The Bertz CT molecular complexity index is 496. The largest absolute Gasteiger partial charge is 0.462 e. The van der Waals surface area contributed by atoms with Gasteiger partial charge in [0.15, 0.2) is 0 Å². The summed E-state index contributed by atoms with van der Waals surface area (Å²) in [5.41, 5.74) is 6.84. The van der Waals surface area contributed by atoms with Crippen molar-refractivity contribution in [3.05, 3.63) is 17.8 Å². The lowest BCUT2D eigenvalue weighted by Crippen LogP contribution is -2.35. The van der Waals surface area contributed by atoms with E-state index in [1.165, 1.54) is 19.3 Å². The number of carbonyl (C=O) groups is 1. The van der Waals surface area contributed by atoms with Gasteiger partial charge in [-0.2, -0.15) is 11.8 Å². The normalized spacial score (nSPS) is 21.8. The number of ether oxygens (including phenoxy) is 1. The lowest BCUT2D eigenvalue weighted by Gasteiger charge is -2.31. The first-order valence-electron chi connectivity index (χ1n) is 7.38. The number of thioether (sulfide) groups is 1. The van der Waals surface area contributed by atoms with E-state index in [1.807, 2.05) is 11.8 Å². The highest BCUT2D eigenvalue weighted by Crippen LogP contribution is 2.31. The van der Waals surface area contributed by atoms with Crippen LogP contribution in [0.25, 0.3) is 0 Å². The van der Waals surface area contributed by atoms with Gasteiger partial charge in [0.2, 0.25) is 0 Å². The third-order valence-corrected chi connectivity index (χ3v) is 4.98. The molecule has 0 radical (unpaired) electrons. The van der Waals surface area contributed by atoms with Crippen molar-refractivity contribution >= 4 is 29.2 Å². The molecule has 21 heavy (non-hydrogen) atoms. The number of nitrogens with one attached hydrogen (secondary N) is 1. The van der Waals surface area contributed by atoms with Crippen LogP contribution >= 0.6 is 11.8 Å². The highest BCUT2D eigenvalue weighted by Gasteiger charge is 2.25. The molecule has 0 spiro atoms. The summed E-state index contributed by atoms with van der Waals surface area (Å²) in [4.78, 5) is 16.2. The first-order chi connectivity index (χ1) is 10.2. The topological polar surface area (TPSA) is 77.2 Å². The number of rotatable bonds is 5. The van der Waals surface area contributed by atoms with E-state index in [2.05, 4.69) is 16.6 Å². The Morgan fingerprint density at radius 2 is 2.29 bits per heavy atom. The molecule has 0 bridgehead atoms. The molecule has 2 rings (SSSR count). The monoisotopic (exact) mass is 309 g/mol. The van der Waals surface area contributed by atoms with Crippen LogP contribution < -0.4 is 11.1 Å². The molecule has 1 heterocycles. The number of nitrogens with zero attached hydrogens (tertiary/aromatic N) is 1. The summed E-state index contributed by atoms with van der Waals surface area (Å²) >= 11 is 1.87. The second kappa shape index (κ2) is 7.54. The molecule has 3 N–H and O–H groups in total. The number of pyridine rings is 1. The summed E-state index contributed by atoms with van der Waals surface area (Å²) < 4.78 is 5.02. The zero-order valence-electron chi connectivity index (χ0n) is 12.6. The Kier molecular flexibility index (Phi) is 5.73. The highest BCUT2D eigenvalue weighted by molar-refractivity contribution is 7.99. The number of aromatic nitrogens is 1. The summed E-state index contributed by atoms with van der Waals surface area (Å²) in [6, 6.07) is 1.95. The van der Waals surface area contributed by atoms with Gasteiger partial charge in [0.25, 0.3) is 0 Å². The van der Waals surface area contributed by atoms with Crippen LogP contribution in [0.5, 0.6) is 0 Å². The van der Waals surface area contributed by atoms with Crippen molar-refractivity contribution in [2.24, 2.45) is 0 Å². The van der Waals surface area contributed by atoms with E-state index in [1.54, 1.807) is 19.2 Å². The number of esters is 1. The second-order valence-corrected chi connectivity index (χ2v) is 6.23. The molecule has 116 valence electrons. The number of nitrogens with two attached hydrogens (primary N) is 1. The van der Waals surface area contributed by atoms with Crippen molar-refractivity contribution < 1.29 is 9.53 Å². The van der Waals surface area contributed by atoms with E-state index in [9.17, 15) is 4.79 Å². The fraction of sp³-hybridized carbons (Fsp3) is 0.600. The summed E-state index contributed by atoms with van der Waals surface area (Å²) in [5, 5.41) is 3.98. The maximum absolute atomic E-state index is 11.9. The molecule has 2 atom stereocenters. The molecule has 1 aliphatic rings. The van der Waals surface area contributed by atoms with Crippen LogP contribution in [-0.4, -0.2) is 35.1 Å². The van der Waals surface area contributed by atoms with Gasteiger partial charge < -0.3 is 15.8 Å². The minimum atomic E-state index is -0.398. The fourth-order valence-electron chi connectivity index (χ4n) is 2.69. The Hall–Kier alpha value is -1.43. The average Bonchev–Trinajstić information content (AvgIpc) is 2.50. The summed E-state index contributed by atoms with van der Waals surface area (Å²) in [6.45, 7) is 2.11. The van der Waals surface area contributed by atoms with Gasteiger partial charge in [-0.3, -0.25) is 0 Å². The predicted octanol–water partition coefficient (Wildman–Crippen LogP) is 2.93. The van der Waals surface area contributed by atoms with Crippen molar-refractivity contribution in [3.63, 3.8) is 0 Å². The molecule has 1 fully saturated rings. The average molecular weight is 309 g/mol. The maximum Gasteiger partial charge on any atom is 0.340 e. The van der Waals surface area contributed by atoms with Gasteiger partial charge in [0, 0.05) is 17.5 Å². The molecule has 0 aromatic carbocycles. The molecule has 1 aromatic rings. The Labute approximate surface area is 130 Å². The summed E-state index contributed by atoms with van der Waals surface area (Å²) in [6.07, 6.45) is 8.53. The molecule has 5 nitrogen and oxygen atoms in total. The SMILES string of the molecule is CCOC(=O)c1ccnc(NC2CCCCC2SC)c1N. The number of anilines is 2. The molecule has 0 amide bonds. The van der Waals surface area contributed by atoms with E-state index in [0.29, 0.717) is 35.0 Å². The van der Waals surface area contributed by atoms with Crippen LogP contribution in [0.15, 0.2) is 12.3 Å². The summed E-state index contributed by atoms with van der Waals surface area (Å²) in [5.74, 6) is 0.192. The zero-order valence-corrected chi connectivity index (χ0v) is 13.4. The van der Waals surface area contributed by atoms with E-state index in [-0.39, 0.29) is 0 Å². The van der Waals surface area contributed by atoms with Gasteiger partial charge in [-0.05, 0) is 32.1 Å². The smallest absolute Gasteiger partial charge is 0.340 e. The number of hydrogen-bond donors (Lipinski definition) is 2. The van der Waals surface area contributed by atoms with Crippen molar-refractivity contribution in [3.8, 4) is 0 Å². The molecule has 1 aliphatic carbocycles. The quantitative estimate of drug-likeness (QED) is 0.814. The molecule has 1 aromatic heterocycles. The maximum atomic E-state index is 11.9. The van der Waals surface area contributed by atoms with Gasteiger partial charge in [-0.15, -0.1) is 0 Å². The van der Waals surface area contributed by atoms with Crippen LogP contribution in [-0.2, 0) is 4.74 Å². The minimum Gasteiger partial charge on any atom is -0.462 e. The van der Waals surface area contributed by atoms with Gasteiger partial charge in [-0.25, -0.2) is 9.78 Å². The van der Waals surface area contributed by atoms with Crippen LogP contribution in [0, 0.1) is 0 Å². The lowest BCUT2D eigenvalue weighted by molar-refractivity contribution is 0.0527. The standard InChI is InChI=1S/C15H23N3O2S/c1-3-20-15(19)10-8-9-17-14(13(10)16)18-11-6-4-5-7-12(11)21-2/h8-9,11-12H,3-7,16H2,1-2H3,(H,17,18). The fourth-order valence-corrected chi connectivity index (χ4v) is 3.63. The van der Waals surface area contributed by atoms with E-state index >= 15 is 0 Å². The molecule has 6 heteroatoms. The molecule has 2 unspecified atom stereocenters. The predicted molar refractivity (Wildman–Crippen MR) is 87.8 cm³/mol. The van der Waals surface area contributed by atoms with Crippen molar-refractivity contribution in [2.75, 3.05) is 23.9 Å². The van der Waals surface area contributed by atoms with Crippen LogP contribution in [0.4, 0.5) is 11.5 Å². The number of hydrogen-bond acceptors (Lipinski definition) is 6. The highest BCUT2D eigenvalue weighted by atomic mass is 32.2.